The molecule has 0 aliphatic carbocycles. The van der Waals surface area contributed by atoms with Crippen LogP contribution in [0.2, 0.25) is 0 Å². The van der Waals surface area contributed by atoms with Crippen molar-refractivity contribution in [2.75, 3.05) is 0 Å². The molecule has 0 heterocycles. The first-order valence-electron chi connectivity index (χ1n) is 6.34. The van der Waals surface area contributed by atoms with Crippen molar-refractivity contribution in [1.29, 1.82) is 0 Å². The van der Waals surface area contributed by atoms with Crippen LogP contribution in [0.1, 0.15) is 65.7 Å². The van der Waals surface area contributed by atoms with Gasteiger partial charge >= 0.3 is 0 Å². The van der Waals surface area contributed by atoms with Gasteiger partial charge in [0.25, 0.3) is 0 Å². The largest absolute Gasteiger partial charge is 0.103 e. The van der Waals surface area contributed by atoms with Gasteiger partial charge in [0.15, 0.2) is 0 Å². The molecule has 0 radical (unpaired) electrons. The predicted molar refractivity (Wildman–Crippen MR) is 66.5 cm³/mol. The lowest BCUT2D eigenvalue weighted by atomic mass is 9.91. The standard InChI is InChI=1S/C14H28/c1-5-7-8-9-10-11-12-14(4)13(3)6-2/h6,13-14H,2,5,7-12H2,1,3-4H3. The topological polar surface area (TPSA) is 0 Å². The van der Waals surface area contributed by atoms with Crippen molar-refractivity contribution < 1.29 is 0 Å². The highest BCUT2D eigenvalue weighted by Crippen LogP contribution is 2.19. The molecule has 0 aliphatic heterocycles. The van der Waals surface area contributed by atoms with Gasteiger partial charge in [-0.1, -0.05) is 71.8 Å². The second-order valence-electron chi connectivity index (χ2n) is 4.63. The molecule has 0 nitrogen and oxygen atoms in total. The van der Waals surface area contributed by atoms with Gasteiger partial charge < -0.3 is 0 Å². The highest BCUT2D eigenvalue weighted by atomic mass is 14.1. The maximum atomic E-state index is 3.85. The summed E-state index contributed by atoms with van der Waals surface area (Å²) in [6.07, 6.45) is 11.9. The van der Waals surface area contributed by atoms with Crippen LogP contribution in [0, 0.1) is 11.8 Å². The van der Waals surface area contributed by atoms with E-state index in [9.17, 15) is 0 Å². The van der Waals surface area contributed by atoms with E-state index in [1.165, 1.54) is 44.9 Å². The Labute approximate surface area is 90.8 Å². The van der Waals surface area contributed by atoms with Crippen LogP contribution in [0.25, 0.3) is 0 Å². The molecule has 0 aromatic carbocycles. The molecule has 0 amide bonds. The van der Waals surface area contributed by atoms with Crippen molar-refractivity contribution in [2.24, 2.45) is 11.8 Å². The Bertz CT molecular complexity index is 126. The molecule has 0 aromatic heterocycles. The minimum absolute atomic E-state index is 0.686. The Morgan fingerprint density at radius 3 is 2.14 bits per heavy atom. The normalized spacial score (nSPS) is 15.1. The highest BCUT2D eigenvalue weighted by molar-refractivity contribution is 4.78. The summed E-state index contributed by atoms with van der Waals surface area (Å²) in [5.41, 5.74) is 0. The fraction of sp³-hybridized carbons (Fsp3) is 0.857. The Balaban J connectivity index is 3.22. The van der Waals surface area contributed by atoms with E-state index in [0.717, 1.165) is 5.92 Å². The summed E-state index contributed by atoms with van der Waals surface area (Å²) in [6.45, 7) is 10.7. The van der Waals surface area contributed by atoms with E-state index < -0.39 is 0 Å². The maximum Gasteiger partial charge on any atom is -0.0239 e. The van der Waals surface area contributed by atoms with Crippen LogP contribution in [-0.4, -0.2) is 0 Å². The molecular formula is C14H28. The van der Waals surface area contributed by atoms with Gasteiger partial charge in [0, 0.05) is 0 Å². The fourth-order valence-electron chi connectivity index (χ4n) is 1.74. The van der Waals surface area contributed by atoms with E-state index in [1.54, 1.807) is 0 Å². The summed E-state index contributed by atoms with van der Waals surface area (Å²) >= 11 is 0. The van der Waals surface area contributed by atoms with Gasteiger partial charge in [-0.15, -0.1) is 6.58 Å². The summed E-state index contributed by atoms with van der Waals surface area (Å²) < 4.78 is 0. The van der Waals surface area contributed by atoms with Crippen LogP contribution >= 0.6 is 0 Å². The van der Waals surface area contributed by atoms with Crippen LogP contribution in [0.5, 0.6) is 0 Å². The lowest BCUT2D eigenvalue weighted by Crippen LogP contribution is -2.04. The molecule has 0 aromatic rings. The number of rotatable bonds is 9. The number of hydrogen-bond donors (Lipinski definition) is 0. The molecular weight excluding hydrogens is 168 g/mol. The minimum atomic E-state index is 0.686. The van der Waals surface area contributed by atoms with E-state index in [-0.39, 0.29) is 0 Å². The molecule has 0 saturated heterocycles. The predicted octanol–water partition coefficient (Wildman–Crippen LogP) is 5.20. The van der Waals surface area contributed by atoms with Gasteiger partial charge in [0.1, 0.15) is 0 Å². The maximum absolute atomic E-state index is 3.85. The van der Waals surface area contributed by atoms with Crippen LogP contribution in [0.15, 0.2) is 12.7 Å². The van der Waals surface area contributed by atoms with Gasteiger partial charge in [0.2, 0.25) is 0 Å². The van der Waals surface area contributed by atoms with E-state index in [4.69, 9.17) is 0 Å². The van der Waals surface area contributed by atoms with Crippen LogP contribution in [0.3, 0.4) is 0 Å². The summed E-state index contributed by atoms with van der Waals surface area (Å²) in [4.78, 5) is 0. The summed E-state index contributed by atoms with van der Waals surface area (Å²) in [7, 11) is 0. The third-order valence-electron chi connectivity index (χ3n) is 3.28. The molecule has 0 saturated carbocycles. The van der Waals surface area contributed by atoms with Gasteiger partial charge in [-0.3, -0.25) is 0 Å². The molecule has 0 bridgehead atoms. The third-order valence-corrected chi connectivity index (χ3v) is 3.28. The molecule has 84 valence electrons. The van der Waals surface area contributed by atoms with E-state index in [0.29, 0.717) is 5.92 Å². The molecule has 0 rings (SSSR count). The Morgan fingerprint density at radius 2 is 1.57 bits per heavy atom. The first kappa shape index (κ1) is 13.7. The number of hydrogen-bond acceptors (Lipinski definition) is 0. The van der Waals surface area contributed by atoms with Crippen molar-refractivity contribution in [3.63, 3.8) is 0 Å². The van der Waals surface area contributed by atoms with Crippen LogP contribution in [0.4, 0.5) is 0 Å². The second kappa shape index (κ2) is 9.30. The average molecular weight is 196 g/mol. The van der Waals surface area contributed by atoms with Crippen molar-refractivity contribution >= 4 is 0 Å². The van der Waals surface area contributed by atoms with Gasteiger partial charge in [-0.2, -0.15) is 0 Å². The summed E-state index contributed by atoms with van der Waals surface area (Å²) in [5, 5.41) is 0. The molecule has 0 heteroatoms. The fourth-order valence-corrected chi connectivity index (χ4v) is 1.74. The Hall–Kier alpha value is -0.260. The smallest absolute Gasteiger partial charge is 0.0239 e. The quantitative estimate of drug-likeness (QED) is 0.351. The second-order valence-corrected chi connectivity index (χ2v) is 4.63. The molecule has 0 fully saturated rings. The van der Waals surface area contributed by atoms with E-state index in [2.05, 4.69) is 33.4 Å². The molecule has 14 heavy (non-hydrogen) atoms. The average Bonchev–Trinajstić information content (AvgIpc) is 2.21. The molecule has 0 aliphatic rings. The van der Waals surface area contributed by atoms with Crippen LogP contribution in [-0.2, 0) is 0 Å². The Morgan fingerprint density at radius 1 is 1.00 bits per heavy atom. The van der Waals surface area contributed by atoms with Gasteiger partial charge in [-0.05, 0) is 11.8 Å². The highest BCUT2D eigenvalue weighted by Gasteiger charge is 2.07. The third kappa shape index (κ3) is 7.17. The Kier molecular flexibility index (Phi) is 9.13. The molecule has 0 spiro atoms. The SMILES string of the molecule is C=CC(C)C(C)CCCCCCCC. The van der Waals surface area contributed by atoms with E-state index in [1.807, 2.05) is 0 Å². The molecule has 2 unspecified atom stereocenters. The lowest BCUT2D eigenvalue weighted by molar-refractivity contribution is 0.405. The van der Waals surface area contributed by atoms with Crippen LogP contribution < -0.4 is 0 Å². The zero-order valence-electron chi connectivity index (χ0n) is 10.4. The molecule has 2 atom stereocenters. The van der Waals surface area contributed by atoms with Gasteiger partial charge in [0.05, 0.1) is 0 Å². The van der Waals surface area contributed by atoms with Crippen molar-refractivity contribution in [1.82, 2.24) is 0 Å². The minimum Gasteiger partial charge on any atom is -0.103 e. The zero-order valence-corrected chi connectivity index (χ0v) is 10.4. The first-order chi connectivity index (χ1) is 6.72. The summed E-state index contributed by atoms with van der Waals surface area (Å²) in [5.74, 6) is 1.50. The molecule has 0 N–H and O–H groups in total. The number of unbranched alkanes of at least 4 members (excludes halogenated alkanes) is 5. The lowest BCUT2D eigenvalue weighted by Gasteiger charge is -2.15. The van der Waals surface area contributed by atoms with Crippen molar-refractivity contribution in [3.05, 3.63) is 12.7 Å². The first-order valence-corrected chi connectivity index (χ1v) is 6.34. The zero-order chi connectivity index (χ0) is 10.8. The van der Waals surface area contributed by atoms with Crippen molar-refractivity contribution in [3.8, 4) is 0 Å². The summed E-state index contributed by atoms with van der Waals surface area (Å²) in [6, 6.07) is 0. The van der Waals surface area contributed by atoms with Gasteiger partial charge in [-0.25, -0.2) is 0 Å². The number of allylic oxidation sites excluding steroid dienone is 1. The van der Waals surface area contributed by atoms with Crippen molar-refractivity contribution in [2.45, 2.75) is 65.7 Å². The van der Waals surface area contributed by atoms with E-state index >= 15 is 0 Å². The monoisotopic (exact) mass is 196 g/mol.